The van der Waals surface area contributed by atoms with E-state index in [9.17, 15) is 18.0 Å². The van der Waals surface area contributed by atoms with Crippen LogP contribution in [0.4, 0.5) is 34.5 Å². The minimum Gasteiger partial charge on any atom is -0.424 e. The first-order valence-corrected chi connectivity index (χ1v) is 11.7. The van der Waals surface area contributed by atoms with Gasteiger partial charge in [0.1, 0.15) is 5.75 Å². The fourth-order valence-electron chi connectivity index (χ4n) is 3.01. The van der Waals surface area contributed by atoms with Crippen LogP contribution >= 0.6 is 11.3 Å². The number of rotatable bonds is 8. The number of alkyl halides is 3. The van der Waals surface area contributed by atoms with E-state index in [-0.39, 0.29) is 17.4 Å². The van der Waals surface area contributed by atoms with Crippen LogP contribution in [0.2, 0.25) is 0 Å². The number of anilines is 3. The minimum atomic E-state index is -4.51. The fourth-order valence-corrected chi connectivity index (χ4v) is 3.86. The van der Waals surface area contributed by atoms with Gasteiger partial charge in [0.25, 0.3) is 0 Å². The number of urea groups is 1. The summed E-state index contributed by atoms with van der Waals surface area (Å²) in [5.74, 6) is 0.524. The Kier molecular flexibility index (Phi) is 7.64. The lowest BCUT2D eigenvalue weighted by atomic mass is 10.2. The maximum atomic E-state index is 12.8. The monoisotopic (exact) mass is 514 g/mol. The summed E-state index contributed by atoms with van der Waals surface area (Å²) < 4.78 is 44.1. The number of hydrogen-bond donors (Lipinski definition) is 3. The number of thiazole rings is 1. The van der Waals surface area contributed by atoms with Gasteiger partial charge in [-0.05, 0) is 54.4 Å². The molecule has 2 heterocycles. The Hall–Kier alpha value is -4.19. The number of aromatic nitrogens is 3. The van der Waals surface area contributed by atoms with Crippen molar-refractivity contribution in [2.45, 2.75) is 19.5 Å². The molecule has 0 fully saturated rings. The highest BCUT2D eigenvalue weighted by molar-refractivity contribution is 7.18. The number of halogens is 3. The van der Waals surface area contributed by atoms with E-state index < -0.39 is 17.8 Å². The molecule has 0 radical (unpaired) electrons. The lowest BCUT2D eigenvalue weighted by Gasteiger charge is -2.11. The molecular weight excluding hydrogens is 493 g/mol. The van der Waals surface area contributed by atoms with Crippen LogP contribution in [0.5, 0.6) is 11.8 Å². The van der Waals surface area contributed by atoms with Crippen molar-refractivity contribution in [3.8, 4) is 22.2 Å². The van der Waals surface area contributed by atoms with Crippen LogP contribution in [0.25, 0.3) is 10.4 Å². The normalized spacial score (nSPS) is 11.1. The van der Waals surface area contributed by atoms with Crippen molar-refractivity contribution in [2.75, 3.05) is 22.5 Å². The summed E-state index contributed by atoms with van der Waals surface area (Å²) in [7, 11) is 0. The van der Waals surface area contributed by atoms with Crippen LogP contribution in [-0.2, 0) is 6.18 Å². The molecule has 0 spiro atoms. The third kappa shape index (κ3) is 6.69. The van der Waals surface area contributed by atoms with E-state index in [1.807, 2.05) is 18.3 Å². The molecule has 186 valence electrons. The molecule has 8 nitrogen and oxygen atoms in total. The van der Waals surface area contributed by atoms with E-state index in [4.69, 9.17) is 4.74 Å². The van der Waals surface area contributed by atoms with E-state index in [2.05, 4.69) is 37.8 Å². The smallest absolute Gasteiger partial charge is 0.416 e. The van der Waals surface area contributed by atoms with Gasteiger partial charge in [-0.2, -0.15) is 13.2 Å². The third-order valence-electron chi connectivity index (χ3n) is 4.71. The van der Waals surface area contributed by atoms with Crippen LogP contribution in [-0.4, -0.2) is 27.5 Å². The number of carbonyl (C=O) groups excluding carboxylic acids is 1. The first-order chi connectivity index (χ1) is 17.3. The molecule has 3 N–H and O–H groups in total. The Labute approximate surface area is 208 Å². The van der Waals surface area contributed by atoms with Crippen LogP contribution in [0.15, 0.2) is 67.1 Å². The second-order valence-corrected chi connectivity index (χ2v) is 8.53. The molecule has 0 bridgehead atoms. The number of amides is 2. The maximum absolute atomic E-state index is 12.8. The zero-order valence-electron chi connectivity index (χ0n) is 19.0. The Morgan fingerprint density at radius 1 is 0.972 bits per heavy atom. The topological polar surface area (TPSA) is 101 Å². The van der Waals surface area contributed by atoms with E-state index in [1.54, 1.807) is 23.5 Å². The van der Waals surface area contributed by atoms with E-state index >= 15 is 0 Å². The Bertz CT molecular complexity index is 1310. The van der Waals surface area contributed by atoms with Crippen molar-refractivity contribution < 1.29 is 22.7 Å². The fraction of sp³-hybridized carbons (Fsp3) is 0.167. The van der Waals surface area contributed by atoms with Gasteiger partial charge in [0.05, 0.1) is 28.5 Å². The molecule has 0 aliphatic heterocycles. The molecule has 12 heteroatoms. The van der Waals surface area contributed by atoms with Gasteiger partial charge in [-0.3, -0.25) is 0 Å². The van der Waals surface area contributed by atoms with Gasteiger partial charge in [-0.15, -0.1) is 0 Å². The molecule has 4 aromatic rings. The minimum absolute atomic E-state index is 0.00146. The third-order valence-corrected chi connectivity index (χ3v) is 5.72. The Morgan fingerprint density at radius 2 is 1.69 bits per heavy atom. The lowest BCUT2D eigenvalue weighted by molar-refractivity contribution is -0.137. The molecule has 0 saturated heterocycles. The van der Waals surface area contributed by atoms with Gasteiger partial charge in [-0.1, -0.05) is 24.3 Å². The first kappa shape index (κ1) is 24.9. The molecule has 0 aliphatic rings. The maximum Gasteiger partial charge on any atom is 0.416 e. The average molecular weight is 515 g/mol. The molecule has 0 saturated carbocycles. The van der Waals surface area contributed by atoms with Crippen LogP contribution < -0.4 is 20.7 Å². The van der Waals surface area contributed by atoms with E-state index in [0.29, 0.717) is 5.75 Å². The molecular formula is C24H21F3N6O2S. The summed E-state index contributed by atoms with van der Waals surface area (Å²) in [5, 5.41) is 8.93. The highest BCUT2D eigenvalue weighted by atomic mass is 32.1. The van der Waals surface area contributed by atoms with Gasteiger partial charge in [-0.25, -0.2) is 19.7 Å². The van der Waals surface area contributed by atoms with Crippen LogP contribution in [0, 0.1) is 0 Å². The highest BCUT2D eigenvalue weighted by Crippen LogP contribution is 2.32. The Balaban J connectivity index is 1.32. The summed E-state index contributed by atoms with van der Waals surface area (Å²) >= 11 is 1.57. The molecule has 2 amide bonds. The second-order valence-electron chi connectivity index (χ2n) is 7.49. The number of ether oxygens (including phenoxy) is 1. The molecule has 0 unspecified atom stereocenters. The summed E-state index contributed by atoms with van der Waals surface area (Å²) in [5.41, 5.74) is 0.369. The van der Waals surface area contributed by atoms with Gasteiger partial charge >= 0.3 is 18.2 Å². The van der Waals surface area contributed by atoms with Crippen molar-refractivity contribution >= 4 is 33.9 Å². The zero-order valence-corrected chi connectivity index (χ0v) is 19.8. The predicted octanol–water partition coefficient (Wildman–Crippen LogP) is 6.88. The SMILES string of the molecule is CCCNc1ncc(-c2ccc(Oc3ncc(NC(=O)Nc4cccc(C(F)(F)F)c4)cn3)cc2)s1. The predicted molar refractivity (Wildman–Crippen MR) is 133 cm³/mol. The van der Waals surface area contributed by atoms with E-state index in [1.165, 1.54) is 24.5 Å². The second kappa shape index (κ2) is 11.0. The van der Waals surface area contributed by atoms with Crippen LogP contribution in [0.3, 0.4) is 0 Å². The summed E-state index contributed by atoms with van der Waals surface area (Å²) in [6.45, 7) is 2.96. The molecule has 0 atom stereocenters. The molecule has 2 aromatic carbocycles. The number of benzene rings is 2. The van der Waals surface area contributed by atoms with Crippen molar-refractivity contribution in [2.24, 2.45) is 0 Å². The average Bonchev–Trinajstić information content (AvgIpc) is 3.33. The molecule has 2 aromatic heterocycles. The summed E-state index contributed by atoms with van der Waals surface area (Å²) in [6, 6.07) is 11.0. The first-order valence-electron chi connectivity index (χ1n) is 10.9. The van der Waals surface area contributed by atoms with Crippen molar-refractivity contribution in [3.63, 3.8) is 0 Å². The zero-order chi connectivity index (χ0) is 25.5. The number of carbonyl (C=O) groups is 1. The van der Waals surface area contributed by atoms with Crippen molar-refractivity contribution in [3.05, 3.63) is 72.7 Å². The lowest BCUT2D eigenvalue weighted by Crippen LogP contribution is -2.20. The summed E-state index contributed by atoms with van der Waals surface area (Å²) in [6.07, 6.45) is 0.979. The quantitative estimate of drug-likeness (QED) is 0.237. The Morgan fingerprint density at radius 3 is 2.39 bits per heavy atom. The highest BCUT2D eigenvalue weighted by Gasteiger charge is 2.30. The van der Waals surface area contributed by atoms with Crippen LogP contribution in [0.1, 0.15) is 18.9 Å². The van der Waals surface area contributed by atoms with Gasteiger partial charge < -0.3 is 20.7 Å². The van der Waals surface area contributed by atoms with E-state index in [0.717, 1.165) is 40.7 Å². The van der Waals surface area contributed by atoms with Gasteiger partial charge in [0.15, 0.2) is 5.13 Å². The van der Waals surface area contributed by atoms with Crippen molar-refractivity contribution in [1.29, 1.82) is 0 Å². The molecule has 0 aliphatic carbocycles. The number of hydrogen-bond acceptors (Lipinski definition) is 7. The number of nitrogens with zero attached hydrogens (tertiary/aromatic N) is 3. The summed E-state index contributed by atoms with van der Waals surface area (Å²) in [4.78, 5) is 25.6. The van der Waals surface area contributed by atoms with Crippen molar-refractivity contribution in [1.82, 2.24) is 15.0 Å². The van der Waals surface area contributed by atoms with Gasteiger partial charge in [0, 0.05) is 18.4 Å². The largest absolute Gasteiger partial charge is 0.424 e. The number of nitrogens with one attached hydrogen (secondary N) is 3. The molecule has 4 rings (SSSR count). The van der Waals surface area contributed by atoms with Gasteiger partial charge in [0.2, 0.25) is 0 Å². The molecule has 36 heavy (non-hydrogen) atoms. The standard InChI is InChI=1S/C24H21F3N6O2S/c1-2-10-28-23-31-14-20(36-23)15-6-8-19(9-7-15)35-22-29-12-18(13-30-22)33-21(34)32-17-5-3-4-16(11-17)24(25,26)27/h3-9,11-14H,2,10H2,1H3,(H,28,31)(H2,32,33,34).